The summed E-state index contributed by atoms with van der Waals surface area (Å²) in [5, 5.41) is 27.1. The van der Waals surface area contributed by atoms with E-state index in [2.05, 4.69) is 10.6 Å². The number of anilines is 2. The molecule has 0 saturated heterocycles. The molecule has 2 amide bonds. The highest BCUT2D eigenvalue weighted by Crippen LogP contribution is 2.27. The van der Waals surface area contributed by atoms with E-state index in [1.165, 1.54) is 24.3 Å². The summed E-state index contributed by atoms with van der Waals surface area (Å²) in [6.45, 7) is 0. The molecule has 3 rings (SSSR count). The van der Waals surface area contributed by atoms with Gasteiger partial charge >= 0.3 is 6.03 Å². The summed E-state index contributed by atoms with van der Waals surface area (Å²) in [7, 11) is 0. The molecule has 0 atom stereocenters. The maximum Gasteiger partial charge on any atom is 0.323 e. The number of nitro benzene ring substituents is 1. The summed E-state index contributed by atoms with van der Waals surface area (Å²) in [5.41, 5.74) is 0.925. The topological polar surface area (TPSA) is 104 Å². The van der Waals surface area contributed by atoms with E-state index in [0.29, 0.717) is 16.8 Å². The number of urea groups is 1. The maximum absolute atomic E-state index is 12.1. The van der Waals surface area contributed by atoms with Crippen molar-refractivity contribution in [3.63, 3.8) is 0 Å². The summed E-state index contributed by atoms with van der Waals surface area (Å²) in [6, 6.07) is 15.3. The van der Waals surface area contributed by atoms with E-state index >= 15 is 0 Å². The van der Waals surface area contributed by atoms with E-state index in [9.17, 15) is 20.0 Å². The van der Waals surface area contributed by atoms with Gasteiger partial charge in [0.05, 0.1) is 10.6 Å². The lowest BCUT2D eigenvalue weighted by atomic mass is 10.1. The molecule has 3 N–H and O–H groups in total. The smallest absolute Gasteiger partial charge is 0.323 e. The van der Waals surface area contributed by atoms with Gasteiger partial charge in [-0.25, -0.2) is 4.79 Å². The molecule has 0 unspecified atom stereocenters. The Hall–Kier alpha value is -3.61. The molecule has 0 saturated carbocycles. The van der Waals surface area contributed by atoms with Gasteiger partial charge in [0.25, 0.3) is 5.69 Å². The molecule has 7 heteroatoms. The summed E-state index contributed by atoms with van der Waals surface area (Å²) < 4.78 is 0. The standard InChI is InChI=1S/C17H13N3O4/c21-14-9-4-11-2-1-3-16(15(11)10-14)19-17(22)18-12-5-7-13(8-6-12)20(23)24/h1-10,21H,(H2,18,19,22). The highest BCUT2D eigenvalue weighted by molar-refractivity contribution is 6.06. The summed E-state index contributed by atoms with van der Waals surface area (Å²) >= 11 is 0. The van der Waals surface area contributed by atoms with E-state index in [0.717, 1.165) is 5.39 Å². The number of nitrogens with zero attached hydrogens (tertiary/aromatic N) is 1. The van der Waals surface area contributed by atoms with Crippen molar-refractivity contribution in [2.45, 2.75) is 0 Å². The Labute approximate surface area is 136 Å². The van der Waals surface area contributed by atoms with Crippen LogP contribution in [-0.4, -0.2) is 16.1 Å². The molecule has 3 aromatic rings. The van der Waals surface area contributed by atoms with Gasteiger partial charge in [0, 0.05) is 23.2 Å². The molecule has 0 aliphatic rings. The second kappa shape index (κ2) is 6.25. The molecule has 120 valence electrons. The van der Waals surface area contributed by atoms with Crippen LogP contribution in [0.3, 0.4) is 0 Å². The Morgan fingerprint density at radius 2 is 1.75 bits per heavy atom. The predicted molar refractivity (Wildman–Crippen MR) is 91.4 cm³/mol. The summed E-state index contributed by atoms with van der Waals surface area (Å²) in [4.78, 5) is 22.2. The molecule has 0 aliphatic carbocycles. The van der Waals surface area contributed by atoms with Crippen LogP contribution in [-0.2, 0) is 0 Å². The van der Waals surface area contributed by atoms with Gasteiger partial charge < -0.3 is 15.7 Å². The van der Waals surface area contributed by atoms with Crippen molar-refractivity contribution in [3.05, 3.63) is 70.8 Å². The largest absolute Gasteiger partial charge is 0.508 e. The van der Waals surface area contributed by atoms with Gasteiger partial charge in [-0.1, -0.05) is 18.2 Å². The fourth-order valence-electron chi connectivity index (χ4n) is 2.32. The number of nitrogens with one attached hydrogen (secondary N) is 2. The number of carbonyl (C=O) groups excluding carboxylic acids is 1. The number of carbonyl (C=O) groups is 1. The second-order valence-electron chi connectivity index (χ2n) is 5.09. The van der Waals surface area contributed by atoms with Crippen molar-refractivity contribution >= 4 is 33.9 Å². The minimum absolute atomic E-state index is 0.0505. The third-order valence-electron chi connectivity index (χ3n) is 3.45. The third-order valence-corrected chi connectivity index (χ3v) is 3.45. The minimum atomic E-state index is -0.508. The number of non-ortho nitro benzene ring substituents is 1. The molecule has 24 heavy (non-hydrogen) atoms. The van der Waals surface area contributed by atoms with Crippen LogP contribution in [0.4, 0.5) is 21.9 Å². The number of aromatic hydroxyl groups is 1. The van der Waals surface area contributed by atoms with Crippen molar-refractivity contribution in [2.75, 3.05) is 10.6 Å². The average Bonchev–Trinajstić information content (AvgIpc) is 2.56. The highest BCUT2D eigenvalue weighted by Gasteiger charge is 2.08. The van der Waals surface area contributed by atoms with Crippen molar-refractivity contribution < 1.29 is 14.8 Å². The monoisotopic (exact) mass is 323 g/mol. The van der Waals surface area contributed by atoms with E-state index in [4.69, 9.17) is 0 Å². The Kier molecular flexibility index (Phi) is 3.98. The quantitative estimate of drug-likeness (QED) is 0.498. The van der Waals surface area contributed by atoms with Crippen LogP contribution >= 0.6 is 0 Å². The first-order valence-electron chi connectivity index (χ1n) is 7.07. The maximum atomic E-state index is 12.1. The first-order valence-corrected chi connectivity index (χ1v) is 7.07. The van der Waals surface area contributed by atoms with Crippen LogP contribution < -0.4 is 10.6 Å². The normalized spacial score (nSPS) is 10.3. The fourth-order valence-corrected chi connectivity index (χ4v) is 2.32. The first kappa shape index (κ1) is 15.3. The second-order valence-corrected chi connectivity index (χ2v) is 5.09. The summed E-state index contributed by atoms with van der Waals surface area (Å²) in [6.07, 6.45) is 0. The zero-order valence-corrected chi connectivity index (χ0v) is 12.4. The number of rotatable bonds is 3. The van der Waals surface area contributed by atoms with E-state index in [-0.39, 0.29) is 11.4 Å². The molecule has 7 nitrogen and oxygen atoms in total. The van der Waals surface area contributed by atoms with Crippen LogP contribution in [0.5, 0.6) is 5.75 Å². The van der Waals surface area contributed by atoms with E-state index in [1.54, 1.807) is 30.3 Å². The number of fused-ring (bicyclic) bond motifs is 1. The van der Waals surface area contributed by atoms with Crippen molar-refractivity contribution in [3.8, 4) is 5.75 Å². The Bertz CT molecular complexity index is 923. The average molecular weight is 323 g/mol. The molecular weight excluding hydrogens is 310 g/mol. The Morgan fingerprint density at radius 3 is 2.46 bits per heavy atom. The predicted octanol–water partition coefficient (Wildman–Crippen LogP) is 4.10. The molecular formula is C17H13N3O4. The molecule has 0 radical (unpaired) electrons. The highest BCUT2D eigenvalue weighted by atomic mass is 16.6. The lowest BCUT2D eigenvalue weighted by Gasteiger charge is -2.10. The lowest BCUT2D eigenvalue weighted by molar-refractivity contribution is -0.384. The SMILES string of the molecule is O=C(Nc1ccc([N+](=O)[O-])cc1)Nc1cccc2ccc(O)cc12. The van der Waals surface area contributed by atoms with Gasteiger partial charge in [-0.2, -0.15) is 0 Å². The number of nitro groups is 1. The number of hydrogen-bond acceptors (Lipinski definition) is 4. The lowest BCUT2D eigenvalue weighted by Crippen LogP contribution is -2.19. The van der Waals surface area contributed by atoms with Crippen LogP contribution in [0.15, 0.2) is 60.7 Å². The molecule has 0 aliphatic heterocycles. The van der Waals surface area contributed by atoms with Gasteiger partial charge in [-0.05, 0) is 35.7 Å². The first-order chi connectivity index (χ1) is 11.5. The van der Waals surface area contributed by atoms with Crippen LogP contribution in [0.2, 0.25) is 0 Å². The zero-order chi connectivity index (χ0) is 17.1. The fraction of sp³-hybridized carbons (Fsp3) is 0. The van der Waals surface area contributed by atoms with Crippen molar-refractivity contribution in [2.24, 2.45) is 0 Å². The molecule has 0 aromatic heterocycles. The van der Waals surface area contributed by atoms with Crippen molar-refractivity contribution in [1.29, 1.82) is 0 Å². The van der Waals surface area contributed by atoms with Crippen LogP contribution in [0, 0.1) is 10.1 Å². The van der Waals surface area contributed by atoms with Gasteiger partial charge in [0.2, 0.25) is 0 Å². The minimum Gasteiger partial charge on any atom is -0.508 e. The van der Waals surface area contributed by atoms with Gasteiger partial charge in [-0.15, -0.1) is 0 Å². The number of benzene rings is 3. The Balaban J connectivity index is 1.77. The van der Waals surface area contributed by atoms with E-state index < -0.39 is 11.0 Å². The molecule has 0 bridgehead atoms. The van der Waals surface area contributed by atoms with Gasteiger partial charge in [0.15, 0.2) is 0 Å². The molecule has 0 heterocycles. The van der Waals surface area contributed by atoms with Crippen LogP contribution in [0.25, 0.3) is 10.8 Å². The number of phenolic OH excluding ortho intramolecular Hbond substituents is 1. The van der Waals surface area contributed by atoms with Crippen molar-refractivity contribution in [1.82, 2.24) is 0 Å². The van der Waals surface area contributed by atoms with Crippen LogP contribution in [0.1, 0.15) is 0 Å². The number of phenols is 1. The van der Waals surface area contributed by atoms with Gasteiger partial charge in [0.1, 0.15) is 5.75 Å². The third kappa shape index (κ3) is 3.25. The zero-order valence-electron chi connectivity index (χ0n) is 12.4. The Morgan fingerprint density at radius 1 is 1.00 bits per heavy atom. The molecule has 3 aromatic carbocycles. The number of hydrogen-bond donors (Lipinski definition) is 3. The number of amides is 2. The molecule has 0 fully saturated rings. The van der Waals surface area contributed by atoms with E-state index in [1.807, 2.05) is 6.07 Å². The summed E-state index contributed by atoms with van der Waals surface area (Å²) in [5.74, 6) is 0.104. The van der Waals surface area contributed by atoms with Gasteiger partial charge in [-0.3, -0.25) is 10.1 Å². The molecule has 0 spiro atoms.